The molecule has 88 valence electrons. The van der Waals surface area contributed by atoms with Crippen LogP contribution in [0.25, 0.3) is 0 Å². The average Bonchev–Trinajstić information content (AvgIpc) is 2.28. The van der Waals surface area contributed by atoms with E-state index in [0.29, 0.717) is 16.3 Å². The number of aromatic nitrogens is 1. The van der Waals surface area contributed by atoms with E-state index in [1.54, 1.807) is 12.1 Å². The lowest BCUT2D eigenvalue weighted by Crippen LogP contribution is -1.90. The first-order valence-corrected chi connectivity index (χ1v) is 5.24. The third-order valence-electron chi connectivity index (χ3n) is 2.03. The summed E-state index contributed by atoms with van der Waals surface area (Å²) in [6.07, 6.45) is 2.94. The normalized spacial score (nSPS) is 10.3. The van der Waals surface area contributed by atoms with E-state index in [4.69, 9.17) is 21.4 Å². The molecule has 0 unspecified atom stereocenters. The summed E-state index contributed by atoms with van der Waals surface area (Å²) in [7, 11) is 0. The summed E-state index contributed by atoms with van der Waals surface area (Å²) in [5.41, 5.74) is 0.440. The van der Waals surface area contributed by atoms with Crippen LogP contribution in [0.3, 0.4) is 0 Å². The van der Waals surface area contributed by atoms with Crippen LogP contribution in [0.4, 0.5) is 4.39 Å². The molecule has 0 aliphatic heterocycles. The van der Waals surface area contributed by atoms with Gasteiger partial charge >= 0.3 is 0 Å². The highest BCUT2D eigenvalue weighted by Gasteiger charge is 2.03. The van der Waals surface area contributed by atoms with E-state index in [1.165, 1.54) is 24.5 Å². The van der Waals surface area contributed by atoms with E-state index in [1.807, 2.05) is 0 Å². The lowest BCUT2D eigenvalue weighted by atomic mass is 10.2. The van der Waals surface area contributed by atoms with Crippen molar-refractivity contribution in [3.63, 3.8) is 0 Å². The van der Waals surface area contributed by atoms with Crippen LogP contribution < -0.4 is 4.74 Å². The summed E-state index contributed by atoms with van der Waals surface area (Å²) in [5, 5.41) is 9.37. The summed E-state index contributed by atoms with van der Waals surface area (Å²) in [6.45, 7) is -0.248. The van der Waals surface area contributed by atoms with E-state index < -0.39 is 5.82 Å². The molecule has 0 radical (unpaired) electrons. The lowest BCUT2D eigenvalue weighted by molar-refractivity contribution is 0.280. The minimum atomic E-state index is -0.471. The quantitative estimate of drug-likeness (QED) is 0.914. The Labute approximate surface area is 102 Å². The monoisotopic (exact) mass is 253 g/mol. The fraction of sp³-hybridized carbons (Fsp3) is 0.0833. The predicted octanol–water partition coefficient (Wildman–Crippen LogP) is 3.16. The zero-order valence-corrected chi connectivity index (χ0v) is 9.49. The first-order chi connectivity index (χ1) is 8.17. The fourth-order valence-corrected chi connectivity index (χ4v) is 1.52. The summed E-state index contributed by atoms with van der Waals surface area (Å²) in [4.78, 5) is 3.85. The highest BCUT2D eigenvalue weighted by molar-refractivity contribution is 6.30. The van der Waals surface area contributed by atoms with Crippen molar-refractivity contribution >= 4 is 11.6 Å². The summed E-state index contributed by atoms with van der Waals surface area (Å²) in [5.74, 6) is 0.228. The van der Waals surface area contributed by atoms with E-state index >= 15 is 0 Å². The number of rotatable bonds is 3. The second-order valence-electron chi connectivity index (χ2n) is 3.39. The molecule has 1 aromatic carbocycles. The Morgan fingerprint density at radius 2 is 2.00 bits per heavy atom. The van der Waals surface area contributed by atoms with Crippen molar-refractivity contribution in [2.24, 2.45) is 0 Å². The van der Waals surface area contributed by atoms with Crippen molar-refractivity contribution in [1.82, 2.24) is 4.98 Å². The smallest absolute Gasteiger partial charge is 0.147 e. The Morgan fingerprint density at radius 1 is 1.18 bits per heavy atom. The Hall–Kier alpha value is -1.65. The fourth-order valence-electron chi connectivity index (χ4n) is 1.36. The highest BCUT2D eigenvalue weighted by atomic mass is 35.5. The van der Waals surface area contributed by atoms with Crippen LogP contribution in [-0.2, 0) is 6.61 Å². The third kappa shape index (κ3) is 3.15. The number of nitrogens with zero attached hydrogens (tertiary/aromatic N) is 1. The molecule has 0 saturated carbocycles. The topological polar surface area (TPSA) is 42.4 Å². The minimum Gasteiger partial charge on any atom is -0.456 e. The van der Waals surface area contributed by atoms with Crippen LogP contribution >= 0.6 is 11.6 Å². The number of ether oxygens (including phenoxy) is 1. The molecule has 0 fully saturated rings. The molecule has 3 nitrogen and oxygen atoms in total. The molecule has 2 rings (SSSR count). The van der Waals surface area contributed by atoms with Crippen molar-refractivity contribution in [3.05, 3.63) is 53.1 Å². The first kappa shape index (κ1) is 11.8. The Bertz CT molecular complexity index is 534. The van der Waals surface area contributed by atoms with Gasteiger partial charge in [-0.05, 0) is 17.7 Å². The Balaban J connectivity index is 2.26. The number of hydrogen-bond donors (Lipinski definition) is 1. The molecular formula is C12H9ClFNO2. The molecule has 0 amide bonds. The minimum absolute atomic E-state index is 0.248. The van der Waals surface area contributed by atoms with Crippen molar-refractivity contribution in [2.45, 2.75) is 6.61 Å². The third-order valence-corrected chi connectivity index (χ3v) is 2.24. The van der Waals surface area contributed by atoms with E-state index in [9.17, 15) is 4.39 Å². The van der Waals surface area contributed by atoms with Gasteiger partial charge < -0.3 is 9.84 Å². The average molecular weight is 254 g/mol. The Kier molecular flexibility index (Phi) is 3.56. The highest BCUT2D eigenvalue weighted by Crippen LogP contribution is 2.24. The maximum Gasteiger partial charge on any atom is 0.147 e. The molecule has 17 heavy (non-hydrogen) atoms. The molecule has 0 aliphatic rings. The summed E-state index contributed by atoms with van der Waals surface area (Å²) >= 11 is 5.74. The van der Waals surface area contributed by atoms with Gasteiger partial charge in [0.25, 0.3) is 0 Å². The largest absolute Gasteiger partial charge is 0.456 e. The number of halogens is 2. The number of aliphatic hydroxyl groups is 1. The van der Waals surface area contributed by atoms with Crippen molar-refractivity contribution in [3.8, 4) is 11.5 Å². The molecular weight excluding hydrogens is 245 g/mol. The standard InChI is InChI=1S/C12H9ClFNO2/c13-9-3-12(6-15-5-9)17-11-2-8(7-16)1-10(14)4-11/h1-6,16H,7H2. The molecule has 1 N–H and O–H groups in total. The number of benzene rings is 1. The number of hydrogen-bond acceptors (Lipinski definition) is 3. The van der Waals surface area contributed by atoms with Crippen LogP contribution in [0.1, 0.15) is 5.56 Å². The van der Waals surface area contributed by atoms with Gasteiger partial charge in [-0.2, -0.15) is 0 Å². The van der Waals surface area contributed by atoms with Gasteiger partial charge in [-0.3, -0.25) is 4.98 Å². The van der Waals surface area contributed by atoms with Crippen LogP contribution in [0.2, 0.25) is 5.02 Å². The summed E-state index contributed by atoms with van der Waals surface area (Å²) in [6, 6.07) is 5.57. The molecule has 1 heterocycles. The zero-order valence-electron chi connectivity index (χ0n) is 8.73. The van der Waals surface area contributed by atoms with Gasteiger partial charge in [0.05, 0.1) is 17.8 Å². The van der Waals surface area contributed by atoms with E-state index in [2.05, 4.69) is 4.98 Å². The van der Waals surface area contributed by atoms with Crippen molar-refractivity contribution in [1.29, 1.82) is 0 Å². The molecule has 0 saturated heterocycles. The lowest BCUT2D eigenvalue weighted by Gasteiger charge is -2.07. The molecule has 5 heteroatoms. The van der Waals surface area contributed by atoms with Crippen molar-refractivity contribution < 1.29 is 14.2 Å². The second kappa shape index (κ2) is 5.12. The summed E-state index contributed by atoms with van der Waals surface area (Å²) < 4.78 is 18.5. The van der Waals surface area contributed by atoms with Gasteiger partial charge in [0.2, 0.25) is 0 Å². The van der Waals surface area contributed by atoms with Crippen molar-refractivity contribution in [2.75, 3.05) is 0 Å². The van der Waals surface area contributed by atoms with Gasteiger partial charge in [0, 0.05) is 18.3 Å². The molecule has 0 bridgehead atoms. The predicted molar refractivity (Wildman–Crippen MR) is 61.6 cm³/mol. The SMILES string of the molecule is OCc1cc(F)cc(Oc2cncc(Cl)c2)c1. The maximum absolute atomic E-state index is 13.2. The van der Waals surface area contributed by atoms with Crippen LogP contribution in [0.5, 0.6) is 11.5 Å². The van der Waals surface area contributed by atoms with Gasteiger partial charge in [0.15, 0.2) is 0 Å². The van der Waals surface area contributed by atoms with Gasteiger partial charge in [0.1, 0.15) is 17.3 Å². The van der Waals surface area contributed by atoms with Crippen LogP contribution in [0.15, 0.2) is 36.7 Å². The maximum atomic E-state index is 13.2. The Morgan fingerprint density at radius 3 is 2.71 bits per heavy atom. The van der Waals surface area contributed by atoms with E-state index in [0.717, 1.165) is 0 Å². The molecule has 0 spiro atoms. The number of pyridine rings is 1. The molecule has 1 aromatic heterocycles. The van der Waals surface area contributed by atoms with Gasteiger partial charge in [-0.15, -0.1) is 0 Å². The second-order valence-corrected chi connectivity index (χ2v) is 3.83. The first-order valence-electron chi connectivity index (χ1n) is 4.86. The van der Waals surface area contributed by atoms with Crippen LogP contribution in [0, 0.1) is 5.82 Å². The van der Waals surface area contributed by atoms with Gasteiger partial charge in [-0.1, -0.05) is 11.6 Å². The van der Waals surface area contributed by atoms with Gasteiger partial charge in [-0.25, -0.2) is 4.39 Å². The zero-order chi connectivity index (χ0) is 12.3. The van der Waals surface area contributed by atoms with Crippen LogP contribution in [-0.4, -0.2) is 10.1 Å². The number of aliphatic hydroxyl groups excluding tert-OH is 1. The molecule has 0 aliphatic carbocycles. The molecule has 0 atom stereocenters. The van der Waals surface area contributed by atoms with E-state index in [-0.39, 0.29) is 12.4 Å². The molecule has 2 aromatic rings.